The van der Waals surface area contributed by atoms with Crippen molar-refractivity contribution in [1.82, 2.24) is 0 Å². The summed E-state index contributed by atoms with van der Waals surface area (Å²) in [5, 5.41) is 5.59. The van der Waals surface area contributed by atoms with Crippen molar-refractivity contribution < 1.29 is 0 Å². The van der Waals surface area contributed by atoms with Crippen LogP contribution in [0.5, 0.6) is 0 Å². The largest absolute Gasteiger partial charge is 0.0616 e. The number of fused-ring (bicyclic) bond motifs is 2. The average Bonchev–Trinajstić information content (AvgIpc) is 2.79. The van der Waals surface area contributed by atoms with Gasteiger partial charge in [0.05, 0.1) is 0 Å². The Labute approximate surface area is 174 Å². The molecule has 1 atom stereocenters. The summed E-state index contributed by atoms with van der Waals surface area (Å²) in [5.41, 5.74) is 3.04. The molecular formula is C29H30. The van der Waals surface area contributed by atoms with Gasteiger partial charge in [0.2, 0.25) is 0 Å². The van der Waals surface area contributed by atoms with Crippen LogP contribution in [0.4, 0.5) is 0 Å². The quantitative estimate of drug-likeness (QED) is 0.328. The molecule has 0 aliphatic heterocycles. The maximum atomic E-state index is 2.39. The van der Waals surface area contributed by atoms with Gasteiger partial charge in [-0.2, -0.15) is 0 Å². The normalized spacial score (nSPS) is 16.3. The van der Waals surface area contributed by atoms with E-state index < -0.39 is 0 Å². The molecule has 0 aromatic heterocycles. The maximum Gasteiger partial charge on any atom is -0.0112 e. The van der Waals surface area contributed by atoms with E-state index in [0.717, 1.165) is 12.3 Å². The van der Waals surface area contributed by atoms with Crippen LogP contribution in [0.15, 0.2) is 84.9 Å². The molecule has 5 rings (SSSR count). The van der Waals surface area contributed by atoms with Crippen molar-refractivity contribution in [1.29, 1.82) is 0 Å². The second-order valence-electron chi connectivity index (χ2n) is 8.85. The fourth-order valence-electron chi connectivity index (χ4n) is 5.49. The van der Waals surface area contributed by atoms with Gasteiger partial charge in [-0.25, -0.2) is 0 Å². The van der Waals surface area contributed by atoms with Gasteiger partial charge in [0, 0.05) is 0 Å². The van der Waals surface area contributed by atoms with E-state index in [9.17, 15) is 0 Å². The molecule has 4 aromatic rings. The SMILES string of the molecule is c1ccc2c(CC(CC3CCCCC3)c3cccc4ccccc34)cccc2c1. The third kappa shape index (κ3) is 3.94. The fraction of sp³-hybridized carbons (Fsp3) is 0.310. The Morgan fingerprint density at radius 2 is 1.24 bits per heavy atom. The Morgan fingerprint density at radius 1 is 0.621 bits per heavy atom. The van der Waals surface area contributed by atoms with Crippen molar-refractivity contribution in [3.05, 3.63) is 96.1 Å². The van der Waals surface area contributed by atoms with Crippen LogP contribution in [0.1, 0.15) is 55.6 Å². The van der Waals surface area contributed by atoms with E-state index in [2.05, 4.69) is 84.9 Å². The van der Waals surface area contributed by atoms with Crippen LogP contribution in [-0.4, -0.2) is 0 Å². The summed E-state index contributed by atoms with van der Waals surface area (Å²) in [6, 6.07) is 31.5. The topological polar surface area (TPSA) is 0 Å². The minimum absolute atomic E-state index is 0.579. The predicted molar refractivity (Wildman–Crippen MR) is 126 cm³/mol. The van der Waals surface area contributed by atoms with Gasteiger partial charge in [0.25, 0.3) is 0 Å². The van der Waals surface area contributed by atoms with E-state index in [-0.39, 0.29) is 0 Å². The highest BCUT2D eigenvalue weighted by Crippen LogP contribution is 2.38. The summed E-state index contributed by atoms with van der Waals surface area (Å²) in [4.78, 5) is 0. The number of benzene rings is 4. The highest BCUT2D eigenvalue weighted by Gasteiger charge is 2.22. The van der Waals surface area contributed by atoms with Crippen molar-refractivity contribution >= 4 is 21.5 Å². The van der Waals surface area contributed by atoms with Crippen LogP contribution >= 0.6 is 0 Å². The summed E-state index contributed by atoms with van der Waals surface area (Å²) >= 11 is 0. The van der Waals surface area contributed by atoms with Gasteiger partial charge >= 0.3 is 0 Å². The third-order valence-electron chi connectivity index (χ3n) is 6.95. The molecule has 0 N–H and O–H groups in total. The first-order valence-corrected chi connectivity index (χ1v) is 11.3. The van der Waals surface area contributed by atoms with Crippen LogP contribution in [0.2, 0.25) is 0 Å². The first-order chi connectivity index (χ1) is 14.4. The standard InChI is InChI=1S/C29H30/c1-2-10-22(11-3-1)20-26(29-19-9-15-24-13-5-7-18-28(24)29)21-25-16-8-14-23-12-4-6-17-27(23)25/h4-9,12-19,22,26H,1-3,10-11,20-21H2. The maximum absolute atomic E-state index is 2.39. The molecule has 0 bridgehead atoms. The highest BCUT2D eigenvalue weighted by molar-refractivity contribution is 5.87. The second kappa shape index (κ2) is 8.41. The van der Waals surface area contributed by atoms with Gasteiger partial charge in [-0.3, -0.25) is 0 Å². The lowest BCUT2D eigenvalue weighted by molar-refractivity contribution is 0.317. The molecule has 0 amide bonds. The number of hydrogen-bond acceptors (Lipinski definition) is 0. The summed E-state index contributed by atoms with van der Waals surface area (Å²) in [5.74, 6) is 1.46. The summed E-state index contributed by atoms with van der Waals surface area (Å²) in [7, 11) is 0. The summed E-state index contributed by atoms with van der Waals surface area (Å²) < 4.78 is 0. The Balaban J connectivity index is 1.56. The lowest BCUT2D eigenvalue weighted by Gasteiger charge is -2.28. The van der Waals surface area contributed by atoms with E-state index >= 15 is 0 Å². The van der Waals surface area contributed by atoms with E-state index in [1.807, 2.05) is 0 Å². The smallest absolute Gasteiger partial charge is 0.0112 e. The van der Waals surface area contributed by atoms with Gasteiger partial charge in [0.1, 0.15) is 0 Å². The molecule has 146 valence electrons. The minimum Gasteiger partial charge on any atom is -0.0616 e. The number of rotatable bonds is 5. The van der Waals surface area contributed by atoms with E-state index in [4.69, 9.17) is 0 Å². The summed E-state index contributed by atoms with van der Waals surface area (Å²) in [6.45, 7) is 0. The Bertz CT molecular complexity index is 1090. The van der Waals surface area contributed by atoms with E-state index in [0.29, 0.717) is 5.92 Å². The van der Waals surface area contributed by atoms with Gasteiger partial charge in [-0.15, -0.1) is 0 Å². The van der Waals surface area contributed by atoms with Crippen LogP contribution in [0.25, 0.3) is 21.5 Å². The predicted octanol–water partition coefficient (Wildman–Crippen LogP) is 8.29. The zero-order chi connectivity index (χ0) is 19.5. The van der Waals surface area contributed by atoms with Gasteiger partial charge in [-0.1, -0.05) is 117 Å². The highest BCUT2D eigenvalue weighted by atomic mass is 14.3. The van der Waals surface area contributed by atoms with Crippen LogP contribution in [-0.2, 0) is 6.42 Å². The molecular weight excluding hydrogens is 348 g/mol. The lowest BCUT2D eigenvalue weighted by atomic mass is 9.77. The first-order valence-electron chi connectivity index (χ1n) is 11.3. The molecule has 1 saturated carbocycles. The van der Waals surface area contributed by atoms with E-state index in [1.54, 1.807) is 5.56 Å². The molecule has 1 fully saturated rings. The second-order valence-corrected chi connectivity index (χ2v) is 8.85. The third-order valence-corrected chi connectivity index (χ3v) is 6.95. The Kier molecular flexibility index (Phi) is 5.35. The fourth-order valence-corrected chi connectivity index (χ4v) is 5.49. The molecule has 0 heterocycles. The van der Waals surface area contributed by atoms with Crippen molar-refractivity contribution in [2.75, 3.05) is 0 Å². The molecule has 1 unspecified atom stereocenters. The van der Waals surface area contributed by atoms with Gasteiger partial charge < -0.3 is 0 Å². The van der Waals surface area contributed by atoms with Crippen LogP contribution in [0, 0.1) is 5.92 Å². The molecule has 0 radical (unpaired) electrons. The Morgan fingerprint density at radius 3 is 2.03 bits per heavy atom. The van der Waals surface area contributed by atoms with Crippen LogP contribution < -0.4 is 0 Å². The number of hydrogen-bond donors (Lipinski definition) is 0. The zero-order valence-corrected chi connectivity index (χ0v) is 17.2. The van der Waals surface area contributed by atoms with Gasteiger partial charge in [0.15, 0.2) is 0 Å². The summed E-state index contributed by atoms with van der Waals surface area (Å²) in [6.07, 6.45) is 9.54. The molecule has 0 spiro atoms. The Hall–Kier alpha value is -2.60. The molecule has 29 heavy (non-hydrogen) atoms. The molecule has 0 nitrogen and oxygen atoms in total. The molecule has 4 aromatic carbocycles. The van der Waals surface area contributed by atoms with E-state index in [1.165, 1.54) is 65.6 Å². The molecule has 1 aliphatic carbocycles. The van der Waals surface area contributed by atoms with Gasteiger partial charge in [-0.05, 0) is 57.3 Å². The zero-order valence-electron chi connectivity index (χ0n) is 17.2. The van der Waals surface area contributed by atoms with Crippen molar-refractivity contribution in [3.8, 4) is 0 Å². The van der Waals surface area contributed by atoms with Crippen LogP contribution in [0.3, 0.4) is 0 Å². The van der Waals surface area contributed by atoms with Crippen molar-refractivity contribution in [3.63, 3.8) is 0 Å². The molecule has 1 aliphatic rings. The average molecular weight is 379 g/mol. The minimum atomic E-state index is 0.579. The van der Waals surface area contributed by atoms with Crippen molar-refractivity contribution in [2.24, 2.45) is 5.92 Å². The lowest BCUT2D eigenvalue weighted by Crippen LogP contribution is -2.14. The van der Waals surface area contributed by atoms with Crippen molar-refractivity contribution in [2.45, 2.75) is 50.9 Å². The first kappa shape index (κ1) is 18.4. The molecule has 0 saturated heterocycles. The molecule has 0 heteroatoms. The monoisotopic (exact) mass is 378 g/mol.